The summed E-state index contributed by atoms with van der Waals surface area (Å²) in [6.45, 7) is 0. The summed E-state index contributed by atoms with van der Waals surface area (Å²) in [5, 5.41) is 9.86. The van der Waals surface area contributed by atoms with Crippen molar-refractivity contribution in [2.75, 3.05) is 0 Å². The molecule has 14 heavy (non-hydrogen) atoms. The van der Waals surface area contributed by atoms with Gasteiger partial charge in [0, 0.05) is 18.8 Å². The molecule has 1 N–H and O–H groups in total. The van der Waals surface area contributed by atoms with Crippen LogP contribution in [0, 0.1) is 0 Å². The normalized spacial score (nSPS) is 13.1. The molecular weight excluding hydrogens is 248 g/mol. The largest absolute Gasteiger partial charge is 0.457 e. The Hall–Kier alpha value is -1.07. The van der Waals surface area contributed by atoms with E-state index in [-0.39, 0.29) is 0 Å². The number of aliphatic hydroxyl groups is 1. The quantitative estimate of drug-likeness (QED) is 0.893. The lowest BCUT2D eigenvalue weighted by Gasteiger charge is -2.02. The second-order valence-electron chi connectivity index (χ2n) is 3.05. The van der Waals surface area contributed by atoms with E-state index in [1.54, 1.807) is 23.2 Å². The number of furan rings is 1. The van der Waals surface area contributed by atoms with E-state index in [1.807, 2.05) is 7.05 Å². The predicted molar refractivity (Wildman–Crippen MR) is 53.7 cm³/mol. The van der Waals surface area contributed by atoms with Crippen molar-refractivity contribution in [1.29, 1.82) is 0 Å². The van der Waals surface area contributed by atoms with Crippen molar-refractivity contribution >= 4 is 15.9 Å². The number of nitrogens with zero attached hydrogens (tertiary/aromatic N) is 2. The second kappa shape index (κ2) is 3.59. The minimum absolute atomic E-state index is 0.600. The van der Waals surface area contributed by atoms with Crippen molar-refractivity contribution in [3.8, 4) is 0 Å². The molecule has 1 unspecified atom stereocenters. The number of hydrogen-bond donors (Lipinski definition) is 1. The number of rotatable bonds is 2. The average Bonchev–Trinajstić information content (AvgIpc) is 2.73. The van der Waals surface area contributed by atoms with Crippen molar-refractivity contribution in [3.63, 3.8) is 0 Å². The molecule has 0 bridgehead atoms. The molecule has 74 valence electrons. The average molecular weight is 257 g/mol. The third-order valence-electron chi connectivity index (χ3n) is 1.91. The highest BCUT2D eigenvalue weighted by Crippen LogP contribution is 2.24. The Morgan fingerprint density at radius 2 is 2.43 bits per heavy atom. The van der Waals surface area contributed by atoms with Crippen molar-refractivity contribution < 1.29 is 9.52 Å². The number of hydrogen-bond acceptors (Lipinski definition) is 3. The minimum Gasteiger partial charge on any atom is -0.457 e. The van der Waals surface area contributed by atoms with E-state index in [4.69, 9.17) is 4.42 Å². The summed E-state index contributed by atoms with van der Waals surface area (Å²) in [7, 11) is 1.86. The summed E-state index contributed by atoms with van der Waals surface area (Å²) < 4.78 is 7.42. The number of aromatic nitrogens is 2. The van der Waals surface area contributed by atoms with Gasteiger partial charge in [-0.05, 0) is 22.0 Å². The first-order chi connectivity index (χ1) is 6.66. The number of aliphatic hydroxyl groups excluding tert-OH is 1. The van der Waals surface area contributed by atoms with Crippen molar-refractivity contribution in [1.82, 2.24) is 9.55 Å². The van der Waals surface area contributed by atoms with Crippen LogP contribution in [0.2, 0.25) is 0 Å². The first kappa shape index (κ1) is 9.48. The molecule has 0 aliphatic rings. The lowest BCUT2D eigenvalue weighted by molar-refractivity contribution is 0.214. The van der Waals surface area contributed by atoms with Gasteiger partial charge in [-0.2, -0.15) is 0 Å². The van der Waals surface area contributed by atoms with Gasteiger partial charge >= 0.3 is 0 Å². The standard InChI is InChI=1S/C9H9BrN2O2/c1-12-3-7(11-5-12)9(13)6-2-8(10)14-4-6/h2-5,9,13H,1H3. The summed E-state index contributed by atoms with van der Waals surface area (Å²) in [5.74, 6) is 0. The van der Waals surface area contributed by atoms with Crippen LogP contribution >= 0.6 is 15.9 Å². The summed E-state index contributed by atoms with van der Waals surface area (Å²) in [6, 6.07) is 1.72. The maximum Gasteiger partial charge on any atom is 0.169 e. The molecule has 4 nitrogen and oxygen atoms in total. The summed E-state index contributed by atoms with van der Waals surface area (Å²) in [5.41, 5.74) is 1.30. The zero-order valence-electron chi connectivity index (χ0n) is 7.51. The van der Waals surface area contributed by atoms with Crippen molar-refractivity contribution in [2.45, 2.75) is 6.10 Å². The Kier molecular flexibility index (Phi) is 2.43. The Morgan fingerprint density at radius 3 is 2.93 bits per heavy atom. The maximum absolute atomic E-state index is 9.86. The van der Waals surface area contributed by atoms with Crippen LogP contribution in [0.4, 0.5) is 0 Å². The molecule has 2 aromatic heterocycles. The molecule has 0 fully saturated rings. The van der Waals surface area contributed by atoms with Crippen LogP contribution in [-0.2, 0) is 7.05 Å². The third-order valence-corrected chi connectivity index (χ3v) is 2.32. The van der Waals surface area contributed by atoms with Crippen molar-refractivity contribution in [2.24, 2.45) is 7.05 Å². The van der Waals surface area contributed by atoms with Crippen LogP contribution in [-0.4, -0.2) is 14.7 Å². The highest BCUT2D eigenvalue weighted by Gasteiger charge is 2.15. The molecule has 1 atom stereocenters. The zero-order valence-corrected chi connectivity index (χ0v) is 9.10. The first-order valence-corrected chi connectivity index (χ1v) is 4.86. The SMILES string of the molecule is Cn1cnc(C(O)c2coc(Br)c2)c1. The molecule has 0 radical (unpaired) electrons. The van der Waals surface area contributed by atoms with Gasteiger partial charge in [-0.3, -0.25) is 0 Å². The van der Waals surface area contributed by atoms with E-state index in [0.29, 0.717) is 15.9 Å². The molecule has 0 aromatic carbocycles. The molecule has 5 heteroatoms. The van der Waals surface area contributed by atoms with Gasteiger partial charge in [0.25, 0.3) is 0 Å². The van der Waals surface area contributed by atoms with Gasteiger partial charge in [0.2, 0.25) is 0 Å². The topological polar surface area (TPSA) is 51.2 Å². The molecular formula is C9H9BrN2O2. The molecule has 0 spiro atoms. The van der Waals surface area contributed by atoms with Crippen LogP contribution in [0.25, 0.3) is 0 Å². The van der Waals surface area contributed by atoms with Crippen LogP contribution in [0.3, 0.4) is 0 Å². The van der Waals surface area contributed by atoms with Crippen LogP contribution in [0.5, 0.6) is 0 Å². The highest BCUT2D eigenvalue weighted by atomic mass is 79.9. The number of imidazole rings is 1. The summed E-state index contributed by atoms with van der Waals surface area (Å²) in [4.78, 5) is 4.06. The van der Waals surface area contributed by atoms with Crippen molar-refractivity contribution in [3.05, 3.63) is 40.8 Å². The van der Waals surface area contributed by atoms with Crippen LogP contribution < -0.4 is 0 Å². The molecule has 0 aliphatic heterocycles. The Labute approximate surface area is 89.3 Å². The molecule has 0 amide bonds. The lowest BCUT2D eigenvalue weighted by atomic mass is 10.1. The molecule has 0 aliphatic carbocycles. The number of aryl methyl sites for hydroxylation is 1. The molecule has 0 saturated carbocycles. The fraction of sp³-hybridized carbons (Fsp3) is 0.222. The highest BCUT2D eigenvalue weighted by molar-refractivity contribution is 9.10. The fourth-order valence-corrected chi connectivity index (χ4v) is 1.57. The van der Waals surface area contributed by atoms with Gasteiger partial charge in [-0.15, -0.1) is 0 Å². The zero-order chi connectivity index (χ0) is 10.1. The lowest BCUT2D eigenvalue weighted by Crippen LogP contribution is -1.97. The Morgan fingerprint density at radius 1 is 1.64 bits per heavy atom. The fourth-order valence-electron chi connectivity index (χ4n) is 1.21. The minimum atomic E-state index is -0.730. The second-order valence-corrected chi connectivity index (χ2v) is 3.83. The Balaban J connectivity index is 2.28. The first-order valence-electron chi connectivity index (χ1n) is 4.06. The molecule has 0 saturated heterocycles. The summed E-state index contributed by atoms with van der Waals surface area (Å²) in [6.07, 6.45) is 4.19. The van der Waals surface area contributed by atoms with Crippen LogP contribution in [0.15, 0.2) is 33.9 Å². The monoisotopic (exact) mass is 256 g/mol. The van der Waals surface area contributed by atoms with E-state index in [9.17, 15) is 5.11 Å². The van der Waals surface area contributed by atoms with E-state index in [2.05, 4.69) is 20.9 Å². The summed E-state index contributed by atoms with van der Waals surface area (Å²) >= 11 is 3.17. The van der Waals surface area contributed by atoms with E-state index in [0.717, 1.165) is 0 Å². The van der Waals surface area contributed by atoms with Gasteiger partial charge in [0.1, 0.15) is 6.10 Å². The van der Waals surface area contributed by atoms with Gasteiger partial charge in [-0.1, -0.05) is 0 Å². The van der Waals surface area contributed by atoms with E-state index in [1.165, 1.54) is 6.26 Å². The maximum atomic E-state index is 9.86. The van der Waals surface area contributed by atoms with Gasteiger partial charge in [0.05, 0.1) is 18.3 Å². The van der Waals surface area contributed by atoms with E-state index >= 15 is 0 Å². The van der Waals surface area contributed by atoms with Gasteiger partial charge < -0.3 is 14.1 Å². The van der Waals surface area contributed by atoms with Gasteiger partial charge in [0.15, 0.2) is 4.67 Å². The molecule has 2 heterocycles. The smallest absolute Gasteiger partial charge is 0.169 e. The number of halogens is 1. The van der Waals surface area contributed by atoms with E-state index < -0.39 is 6.10 Å². The molecule has 2 aromatic rings. The Bertz CT molecular complexity index is 395. The molecule has 2 rings (SSSR count). The van der Waals surface area contributed by atoms with Crippen LogP contribution in [0.1, 0.15) is 17.4 Å². The predicted octanol–water partition coefficient (Wildman–Crippen LogP) is 1.86. The third kappa shape index (κ3) is 1.73. The van der Waals surface area contributed by atoms with Gasteiger partial charge in [-0.25, -0.2) is 4.98 Å².